The van der Waals surface area contributed by atoms with Gasteiger partial charge in [-0.1, -0.05) is 18.2 Å². The summed E-state index contributed by atoms with van der Waals surface area (Å²) in [6, 6.07) is 6.79. The Kier molecular flexibility index (Phi) is 5.76. The number of ether oxygens (including phenoxy) is 1. The van der Waals surface area contributed by atoms with Crippen molar-refractivity contribution < 1.29 is 14.2 Å². The van der Waals surface area contributed by atoms with Gasteiger partial charge >= 0.3 is 0 Å². The number of aryl methyl sites for hydroxylation is 1. The van der Waals surface area contributed by atoms with Crippen LogP contribution in [0.25, 0.3) is 5.57 Å². The number of hydrogen-bond donors (Lipinski definition) is 1. The van der Waals surface area contributed by atoms with Crippen molar-refractivity contribution in [2.45, 2.75) is 39.2 Å². The summed E-state index contributed by atoms with van der Waals surface area (Å²) < 4.78 is 19.5. The van der Waals surface area contributed by atoms with Gasteiger partial charge in [-0.2, -0.15) is 4.98 Å². The number of hydrogen-bond acceptors (Lipinski definition) is 4. The van der Waals surface area contributed by atoms with E-state index < -0.39 is 0 Å². The fraction of sp³-hybridized carbons (Fsp3) is 0.400. The number of aromatic nitrogens is 2. The van der Waals surface area contributed by atoms with Gasteiger partial charge in [-0.15, -0.1) is 0 Å². The van der Waals surface area contributed by atoms with Gasteiger partial charge in [0.05, 0.1) is 0 Å². The zero-order chi connectivity index (χ0) is 17.6. The highest BCUT2D eigenvalue weighted by molar-refractivity contribution is 5.60. The van der Waals surface area contributed by atoms with Crippen LogP contribution in [0.1, 0.15) is 42.6 Å². The monoisotopic (exact) mass is 342 g/mol. The lowest BCUT2D eigenvalue weighted by atomic mass is 9.87. The quantitative estimate of drug-likeness (QED) is 0.860. The first-order chi connectivity index (χ1) is 12.2. The third-order valence-corrected chi connectivity index (χ3v) is 4.56. The molecule has 25 heavy (non-hydrogen) atoms. The molecule has 0 aliphatic heterocycles. The van der Waals surface area contributed by atoms with Crippen molar-refractivity contribution in [3.8, 4) is 5.88 Å². The van der Waals surface area contributed by atoms with Gasteiger partial charge in [0.25, 0.3) is 0 Å². The van der Waals surface area contributed by atoms with Crippen LogP contribution < -0.4 is 4.74 Å². The normalized spacial score (nSPS) is 17.2. The zero-order valence-corrected chi connectivity index (χ0v) is 14.4. The average molecular weight is 342 g/mol. The Hall–Kier alpha value is -2.27. The van der Waals surface area contributed by atoms with Crippen molar-refractivity contribution >= 4 is 5.57 Å². The summed E-state index contributed by atoms with van der Waals surface area (Å²) in [4.78, 5) is 8.79. The molecule has 1 aromatic heterocycles. The topological polar surface area (TPSA) is 55.2 Å². The van der Waals surface area contributed by atoms with Crippen LogP contribution in [-0.4, -0.2) is 21.7 Å². The lowest BCUT2D eigenvalue weighted by Crippen LogP contribution is -2.09. The largest absolute Gasteiger partial charge is 0.473 e. The number of aliphatic hydroxyl groups is 1. The standard InChI is InChI=1S/C20H23FN2O2/c1-14-2-5-17(18(21)12-14)13-25-19-8-10-22-20(23-19)16-6-3-15(4-7-16)9-11-24/h2,5-6,8,10,12,15,24H,3-4,7,9,11,13H2,1H3. The van der Waals surface area contributed by atoms with Crippen LogP contribution in [0.3, 0.4) is 0 Å². The summed E-state index contributed by atoms with van der Waals surface area (Å²) in [5, 5.41) is 9.04. The van der Waals surface area contributed by atoms with Gasteiger partial charge in [0, 0.05) is 24.4 Å². The predicted molar refractivity (Wildman–Crippen MR) is 94.5 cm³/mol. The van der Waals surface area contributed by atoms with Crippen molar-refractivity contribution in [2.75, 3.05) is 6.61 Å². The van der Waals surface area contributed by atoms with Gasteiger partial charge in [-0.3, -0.25) is 0 Å². The molecule has 0 spiro atoms. The van der Waals surface area contributed by atoms with E-state index in [1.807, 2.05) is 13.0 Å². The molecule has 0 fully saturated rings. The molecule has 5 heteroatoms. The van der Waals surface area contributed by atoms with Crippen LogP contribution in [0.2, 0.25) is 0 Å². The molecular weight excluding hydrogens is 319 g/mol. The van der Waals surface area contributed by atoms with Crippen molar-refractivity contribution in [3.05, 3.63) is 59.3 Å². The lowest BCUT2D eigenvalue weighted by Gasteiger charge is -2.20. The number of allylic oxidation sites excluding steroid dienone is 2. The SMILES string of the molecule is Cc1ccc(COc2ccnc(C3=CCC(CCO)CC3)n2)c(F)c1. The molecule has 1 unspecified atom stereocenters. The van der Waals surface area contributed by atoms with Crippen molar-refractivity contribution in [1.29, 1.82) is 0 Å². The lowest BCUT2D eigenvalue weighted by molar-refractivity contribution is 0.251. The molecule has 1 aliphatic rings. The second kappa shape index (κ2) is 8.21. The Morgan fingerprint density at radius 1 is 1.32 bits per heavy atom. The number of nitrogens with zero attached hydrogens (tertiary/aromatic N) is 2. The van der Waals surface area contributed by atoms with Crippen LogP contribution >= 0.6 is 0 Å². The maximum Gasteiger partial charge on any atom is 0.217 e. The van der Waals surface area contributed by atoms with E-state index in [2.05, 4.69) is 16.0 Å². The second-order valence-electron chi connectivity index (χ2n) is 6.48. The first-order valence-electron chi connectivity index (χ1n) is 8.67. The highest BCUT2D eigenvalue weighted by Gasteiger charge is 2.17. The van der Waals surface area contributed by atoms with Gasteiger partial charge in [0.1, 0.15) is 12.4 Å². The fourth-order valence-corrected chi connectivity index (χ4v) is 3.03. The molecule has 0 bridgehead atoms. The first kappa shape index (κ1) is 17.5. The molecule has 3 rings (SSSR count). The molecule has 0 saturated heterocycles. The Morgan fingerprint density at radius 2 is 2.20 bits per heavy atom. The van der Waals surface area contributed by atoms with E-state index in [1.165, 1.54) is 6.07 Å². The maximum absolute atomic E-state index is 13.9. The summed E-state index contributed by atoms with van der Waals surface area (Å²) in [7, 11) is 0. The van der Waals surface area contributed by atoms with Crippen molar-refractivity contribution in [1.82, 2.24) is 9.97 Å². The summed E-state index contributed by atoms with van der Waals surface area (Å²) in [5.41, 5.74) is 2.50. The Bertz CT molecular complexity index is 761. The second-order valence-corrected chi connectivity index (χ2v) is 6.48. The molecule has 1 atom stereocenters. The number of rotatable bonds is 6. The van der Waals surface area contributed by atoms with E-state index in [-0.39, 0.29) is 19.0 Å². The molecule has 132 valence electrons. The summed E-state index contributed by atoms with van der Waals surface area (Å²) in [6.07, 6.45) is 7.55. The average Bonchev–Trinajstić information content (AvgIpc) is 2.62. The molecule has 0 saturated carbocycles. The van der Waals surface area contributed by atoms with Crippen LogP contribution in [0.5, 0.6) is 5.88 Å². The van der Waals surface area contributed by atoms with E-state index in [0.29, 0.717) is 23.2 Å². The minimum atomic E-state index is -0.265. The molecular formula is C20H23FN2O2. The van der Waals surface area contributed by atoms with Gasteiger partial charge in [-0.05, 0) is 55.7 Å². The van der Waals surface area contributed by atoms with E-state index in [0.717, 1.165) is 36.8 Å². The van der Waals surface area contributed by atoms with Crippen LogP contribution in [-0.2, 0) is 6.61 Å². The Labute approximate surface area is 147 Å². The maximum atomic E-state index is 13.9. The smallest absolute Gasteiger partial charge is 0.217 e. The third kappa shape index (κ3) is 4.63. The van der Waals surface area contributed by atoms with E-state index in [9.17, 15) is 4.39 Å². The number of aliphatic hydroxyl groups excluding tert-OH is 1. The van der Waals surface area contributed by atoms with Gasteiger partial charge in [0.15, 0.2) is 5.82 Å². The molecule has 0 radical (unpaired) electrons. The van der Waals surface area contributed by atoms with Crippen LogP contribution in [0, 0.1) is 18.7 Å². The molecule has 0 amide bonds. The van der Waals surface area contributed by atoms with E-state index in [1.54, 1.807) is 18.3 Å². The highest BCUT2D eigenvalue weighted by atomic mass is 19.1. The van der Waals surface area contributed by atoms with Gasteiger partial charge in [-0.25, -0.2) is 9.37 Å². The Balaban J connectivity index is 1.65. The Morgan fingerprint density at radius 3 is 2.92 bits per heavy atom. The summed E-state index contributed by atoms with van der Waals surface area (Å²) in [5.74, 6) is 1.39. The fourth-order valence-electron chi connectivity index (χ4n) is 3.03. The number of halogens is 1. The minimum Gasteiger partial charge on any atom is -0.473 e. The number of benzene rings is 1. The van der Waals surface area contributed by atoms with Crippen molar-refractivity contribution in [3.63, 3.8) is 0 Å². The zero-order valence-electron chi connectivity index (χ0n) is 14.4. The van der Waals surface area contributed by atoms with E-state index >= 15 is 0 Å². The van der Waals surface area contributed by atoms with Gasteiger partial charge < -0.3 is 9.84 Å². The van der Waals surface area contributed by atoms with Crippen molar-refractivity contribution in [2.24, 2.45) is 5.92 Å². The van der Waals surface area contributed by atoms with Gasteiger partial charge in [0.2, 0.25) is 5.88 Å². The van der Waals surface area contributed by atoms with E-state index in [4.69, 9.17) is 9.84 Å². The summed E-state index contributed by atoms with van der Waals surface area (Å²) >= 11 is 0. The van der Waals surface area contributed by atoms with Crippen LogP contribution in [0.15, 0.2) is 36.5 Å². The minimum absolute atomic E-state index is 0.139. The summed E-state index contributed by atoms with van der Waals surface area (Å²) in [6.45, 7) is 2.23. The molecule has 1 heterocycles. The predicted octanol–water partition coefficient (Wildman–Crippen LogP) is 4.07. The molecule has 1 N–H and O–H groups in total. The molecule has 2 aromatic rings. The molecule has 4 nitrogen and oxygen atoms in total. The molecule has 1 aromatic carbocycles. The first-order valence-corrected chi connectivity index (χ1v) is 8.67. The third-order valence-electron chi connectivity index (χ3n) is 4.56. The molecule has 1 aliphatic carbocycles. The highest BCUT2D eigenvalue weighted by Crippen LogP contribution is 2.30. The van der Waals surface area contributed by atoms with Crippen LogP contribution in [0.4, 0.5) is 4.39 Å².